The molecule has 0 aliphatic heterocycles. The van der Waals surface area contributed by atoms with Crippen molar-refractivity contribution >= 4 is 34.8 Å². The molecular formula is C48H49N5O12. The molecule has 0 aliphatic rings. The maximum atomic E-state index is 12.8. The molecule has 0 saturated heterocycles. The first-order valence-corrected chi connectivity index (χ1v) is 20.2. The summed E-state index contributed by atoms with van der Waals surface area (Å²) in [6.07, 6.45) is 0. The molecular weight excluding hydrogens is 839 g/mol. The van der Waals surface area contributed by atoms with Gasteiger partial charge in [0, 0.05) is 33.8 Å². The number of nitrogens with one attached hydrogen (secondary N) is 4. The third-order valence-corrected chi connectivity index (χ3v) is 9.57. The molecule has 0 atom stereocenters. The summed E-state index contributed by atoms with van der Waals surface area (Å²) in [6.45, 7) is 3.14. The van der Waals surface area contributed by atoms with Crippen molar-refractivity contribution in [2.45, 2.75) is 0 Å². The first-order chi connectivity index (χ1) is 31.5. The van der Waals surface area contributed by atoms with E-state index in [2.05, 4.69) is 16.0 Å². The smallest absolute Gasteiger partial charge is 0.255 e. The number of amides is 3. The molecule has 6 aromatic carbocycles. The van der Waals surface area contributed by atoms with Crippen LogP contribution in [0, 0.1) is 15.3 Å². The van der Waals surface area contributed by atoms with Crippen LogP contribution in [0.3, 0.4) is 0 Å². The van der Waals surface area contributed by atoms with E-state index in [1.165, 1.54) is 4.90 Å². The fourth-order valence-electron chi connectivity index (χ4n) is 6.06. The van der Waals surface area contributed by atoms with Gasteiger partial charge in [-0.3, -0.25) is 14.4 Å². The van der Waals surface area contributed by atoms with Crippen molar-refractivity contribution < 1.29 is 52.8 Å². The van der Waals surface area contributed by atoms with Gasteiger partial charge in [-0.05, 0) is 146 Å². The zero-order valence-electron chi connectivity index (χ0n) is 35.9. The van der Waals surface area contributed by atoms with Gasteiger partial charge in [0.2, 0.25) is 0 Å². The first kappa shape index (κ1) is 47.7. The van der Waals surface area contributed by atoms with Crippen LogP contribution in [-0.2, 0) is 0 Å². The van der Waals surface area contributed by atoms with Crippen molar-refractivity contribution in [1.82, 2.24) is 0 Å². The molecule has 6 rings (SSSR count). The second-order valence-electron chi connectivity index (χ2n) is 13.9. The molecule has 4 N–H and O–H groups in total. The van der Waals surface area contributed by atoms with Crippen molar-refractivity contribution in [1.29, 1.82) is 0 Å². The summed E-state index contributed by atoms with van der Waals surface area (Å²) in [7, 11) is 4.77. The van der Waals surface area contributed by atoms with Crippen molar-refractivity contribution in [3.63, 3.8) is 0 Å². The lowest BCUT2D eigenvalue weighted by molar-refractivity contribution is -0.900. The summed E-state index contributed by atoms with van der Waals surface area (Å²) >= 11 is 0. The molecule has 65 heavy (non-hydrogen) atoms. The van der Waals surface area contributed by atoms with Crippen molar-refractivity contribution in [2.75, 3.05) is 76.7 Å². The molecule has 0 aromatic heterocycles. The van der Waals surface area contributed by atoms with Crippen molar-refractivity contribution in [3.05, 3.63) is 178 Å². The molecule has 0 radical (unpaired) electrons. The van der Waals surface area contributed by atoms with Crippen LogP contribution >= 0.6 is 0 Å². The lowest BCUT2D eigenvalue weighted by atomic mass is 10.2. The molecule has 0 bridgehead atoms. The van der Waals surface area contributed by atoms with E-state index in [4.69, 9.17) is 43.7 Å². The SMILES string of the molecule is COc1ccc(NC(=O)c2ccc(OCC[NH+](CCOc3ccc(C(=O)Nc4ccc(OC)cc4)cc3)CCOc3ccc(C(=O)Nc4ccc(OC)cc4)cc3)cc2)cc1.O=[N+]([O-])[O-]. The average Bonchev–Trinajstić information content (AvgIpc) is 3.32. The van der Waals surface area contributed by atoms with Gasteiger partial charge < -0.3 is 64.6 Å². The maximum absolute atomic E-state index is 12.8. The lowest BCUT2D eigenvalue weighted by Gasteiger charge is -2.20. The van der Waals surface area contributed by atoms with Gasteiger partial charge in [-0.25, -0.2) is 0 Å². The van der Waals surface area contributed by atoms with E-state index in [1.54, 1.807) is 167 Å². The van der Waals surface area contributed by atoms with Gasteiger partial charge in [0.05, 0.1) is 26.4 Å². The Morgan fingerprint density at radius 1 is 0.415 bits per heavy atom. The molecule has 0 saturated carbocycles. The third kappa shape index (κ3) is 16.2. The largest absolute Gasteiger partial charge is 0.497 e. The van der Waals surface area contributed by atoms with Crippen LogP contribution in [0.4, 0.5) is 17.1 Å². The highest BCUT2D eigenvalue weighted by Gasteiger charge is 2.13. The number of methoxy groups -OCH3 is 3. The molecule has 0 fully saturated rings. The molecule has 0 unspecified atom stereocenters. The van der Waals surface area contributed by atoms with Gasteiger partial charge in [0.1, 0.15) is 74.0 Å². The number of benzene rings is 6. The Morgan fingerprint density at radius 3 is 0.846 bits per heavy atom. The highest BCUT2D eigenvalue weighted by molar-refractivity contribution is 6.05. The van der Waals surface area contributed by atoms with Crippen LogP contribution < -0.4 is 49.3 Å². The number of hydrogen-bond donors (Lipinski definition) is 4. The van der Waals surface area contributed by atoms with Gasteiger partial charge in [-0.2, -0.15) is 0 Å². The maximum Gasteiger partial charge on any atom is 0.255 e. The fraction of sp³-hybridized carbons (Fsp3) is 0.188. The number of carbonyl (C=O) groups excluding carboxylic acids is 3. The van der Waals surface area contributed by atoms with Crippen LogP contribution in [0.15, 0.2) is 146 Å². The summed E-state index contributed by atoms with van der Waals surface area (Å²) in [6, 6.07) is 42.4. The van der Waals surface area contributed by atoms with E-state index < -0.39 is 5.09 Å². The van der Waals surface area contributed by atoms with E-state index in [0.717, 1.165) is 0 Å². The Balaban J connectivity index is 0.00000190. The van der Waals surface area contributed by atoms with Crippen LogP contribution in [0.2, 0.25) is 0 Å². The number of ether oxygens (including phenoxy) is 6. The van der Waals surface area contributed by atoms with Gasteiger partial charge in [0.25, 0.3) is 17.7 Å². The second-order valence-corrected chi connectivity index (χ2v) is 13.9. The molecule has 17 heteroatoms. The van der Waals surface area contributed by atoms with Crippen LogP contribution in [0.5, 0.6) is 34.5 Å². The molecule has 338 valence electrons. The Labute approximate surface area is 375 Å². The Hall–Kier alpha value is -8.31. The molecule has 17 nitrogen and oxygen atoms in total. The topological polar surface area (TPSA) is 213 Å². The third-order valence-electron chi connectivity index (χ3n) is 9.57. The van der Waals surface area contributed by atoms with Gasteiger partial charge >= 0.3 is 0 Å². The van der Waals surface area contributed by atoms with E-state index in [0.29, 0.717) is 108 Å². The minimum Gasteiger partial charge on any atom is -0.497 e. The normalized spacial score (nSPS) is 10.3. The van der Waals surface area contributed by atoms with E-state index in [1.807, 2.05) is 0 Å². The van der Waals surface area contributed by atoms with Gasteiger partial charge in [0.15, 0.2) is 0 Å². The Kier molecular flexibility index (Phi) is 18.3. The summed E-state index contributed by atoms with van der Waals surface area (Å²) < 4.78 is 33.8. The average molecular weight is 888 g/mol. The monoisotopic (exact) mass is 887 g/mol. The Morgan fingerprint density at radius 2 is 0.631 bits per heavy atom. The highest BCUT2D eigenvalue weighted by atomic mass is 16.9. The molecule has 0 heterocycles. The lowest BCUT2D eigenvalue weighted by Crippen LogP contribution is -3.13. The van der Waals surface area contributed by atoms with E-state index in [-0.39, 0.29) is 17.7 Å². The standard InChI is InChI=1S/C48H48N4O9.NO3/c1-56-40-22-10-37(11-23-40)49-46(53)34-4-16-43(17-5-34)59-31-28-52(29-32-60-44-18-6-35(7-19-44)47(54)50-38-12-24-41(57-2)25-13-38)30-33-61-45-20-8-36(9-21-45)48(55)51-39-14-26-42(58-3)27-15-39;2-1(3)4/h4-27H,28-33H2,1-3H3,(H,49,53)(H,50,54)(H,51,55);/q;-1/p+1. The predicted molar refractivity (Wildman–Crippen MR) is 245 cm³/mol. The zero-order chi connectivity index (χ0) is 46.4. The molecule has 0 spiro atoms. The summed E-state index contributed by atoms with van der Waals surface area (Å²) in [5.41, 5.74) is 3.50. The van der Waals surface area contributed by atoms with Crippen molar-refractivity contribution in [3.8, 4) is 34.5 Å². The number of rotatable bonds is 21. The predicted octanol–water partition coefficient (Wildman–Crippen LogP) is 6.65. The summed E-state index contributed by atoms with van der Waals surface area (Å²) in [5, 5.41) is 23.4. The Bertz CT molecular complexity index is 2150. The minimum atomic E-state index is -1.75. The summed E-state index contributed by atoms with van der Waals surface area (Å²) in [5.74, 6) is 3.34. The number of anilines is 3. The number of nitrogens with zero attached hydrogens (tertiary/aromatic N) is 1. The second kappa shape index (κ2) is 25.0. The minimum absolute atomic E-state index is 0.231. The zero-order valence-corrected chi connectivity index (χ0v) is 35.9. The van der Waals surface area contributed by atoms with Crippen LogP contribution in [-0.4, -0.2) is 83.6 Å². The summed E-state index contributed by atoms with van der Waals surface area (Å²) in [4.78, 5) is 47.8. The van der Waals surface area contributed by atoms with Gasteiger partial charge in [-0.1, -0.05) is 0 Å². The van der Waals surface area contributed by atoms with Gasteiger partial charge in [-0.15, -0.1) is 0 Å². The molecule has 6 aromatic rings. The number of carbonyl (C=O) groups is 3. The van der Waals surface area contributed by atoms with Crippen LogP contribution in [0.1, 0.15) is 31.1 Å². The number of hydrogen-bond acceptors (Lipinski definition) is 12. The number of quaternary nitrogens is 1. The van der Waals surface area contributed by atoms with E-state index >= 15 is 0 Å². The van der Waals surface area contributed by atoms with E-state index in [9.17, 15) is 14.4 Å². The molecule has 3 amide bonds. The first-order valence-electron chi connectivity index (χ1n) is 20.2. The van der Waals surface area contributed by atoms with Crippen molar-refractivity contribution in [2.24, 2.45) is 0 Å². The molecule has 0 aliphatic carbocycles. The highest BCUT2D eigenvalue weighted by Crippen LogP contribution is 2.20. The van der Waals surface area contributed by atoms with Crippen LogP contribution in [0.25, 0.3) is 0 Å². The quantitative estimate of drug-likeness (QED) is 0.0442. The fourth-order valence-corrected chi connectivity index (χ4v) is 6.06.